The van der Waals surface area contributed by atoms with E-state index in [9.17, 15) is 0 Å². The molecule has 5 heteroatoms. The van der Waals surface area contributed by atoms with Crippen LogP contribution in [0.25, 0.3) is 0 Å². The van der Waals surface area contributed by atoms with Gasteiger partial charge in [-0.15, -0.1) is 0 Å². The third-order valence-electron chi connectivity index (χ3n) is 4.33. The van der Waals surface area contributed by atoms with Crippen LogP contribution in [0.3, 0.4) is 0 Å². The first kappa shape index (κ1) is 14.9. The Morgan fingerprint density at radius 2 is 2.10 bits per heavy atom. The molecule has 3 rings (SSSR count). The van der Waals surface area contributed by atoms with E-state index in [1.54, 1.807) is 7.11 Å². The molecule has 116 valence electrons. The molecule has 0 saturated carbocycles. The molecule has 0 bridgehead atoms. The maximum atomic E-state index is 6.19. The third-order valence-corrected chi connectivity index (χ3v) is 5.32. The molecule has 1 aromatic carbocycles. The van der Waals surface area contributed by atoms with E-state index in [2.05, 4.69) is 0 Å². The number of hydrogen-bond acceptors (Lipinski definition) is 5. The predicted octanol–water partition coefficient (Wildman–Crippen LogP) is 3.10. The fraction of sp³-hybridized carbons (Fsp3) is 0.625. The average Bonchev–Trinajstić information content (AvgIpc) is 2.48. The zero-order valence-corrected chi connectivity index (χ0v) is 13.3. The van der Waals surface area contributed by atoms with Crippen LogP contribution >= 0.6 is 11.8 Å². The third kappa shape index (κ3) is 3.40. The van der Waals surface area contributed by atoms with Gasteiger partial charge in [0.25, 0.3) is 0 Å². The molecular weight excluding hydrogens is 286 g/mol. The summed E-state index contributed by atoms with van der Waals surface area (Å²) in [5.74, 6) is 3.86. The number of hydrogen-bond donors (Lipinski definition) is 1. The lowest BCUT2D eigenvalue weighted by Gasteiger charge is -2.43. The Morgan fingerprint density at radius 3 is 2.86 bits per heavy atom. The van der Waals surface area contributed by atoms with Crippen molar-refractivity contribution in [2.75, 3.05) is 31.0 Å². The number of nitrogens with two attached hydrogens (primary N) is 1. The molecular formula is C16H23NO3S. The van der Waals surface area contributed by atoms with E-state index in [1.165, 1.54) is 11.5 Å². The van der Waals surface area contributed by atoms with Crippen molar-refractivity contribution in [1.29, 1.82) is 0 Å². The Balaban J connectivity index is 1.71. The summed E-state index contributed by atoms with van der Waals surface area (Å²) >= 11 is 2.02. The maximum Gasteiger partial charge on any atom is 0.163 e. The number of anilines is 1. The van der Waals surface area contributed by atoms with E-state index < -0.39 is 0 Å². The lowest BCUT2D eigenvalue weighted by Crippen LogP contribution is -2.46. The second-order valence-electron chi connectivity index (χ2n) is 5.79. The Morgan fingerprint density at radius 1 is 1.29 bits per heavy atom. The quantitative estimate of drug-likeness (QED) is 0.870. The van der Waals surface area contributed by atoms with Crippen molar-refractivity contribution in [2.24, 2.45) is 0 Å². The highest BCUT2D eigenvalue weighted by Gasteiger charge is 2.39. The minimum atomic E-state index is 0.0295. The van der Waals surface area contributed by atoms with Gasteiger partial charge in [-0.25, -0.2) is 0 Å². The molecule has 2 fully saturated rings. The zero-order chi connectivity index (χ0) is 14.7. The molecule has 4 nitrogen and oxygen atoms in total. The van der Waals surface area contributed by atoms with Gasteiger partial charge in [0, 0.05) is 24.6 Å². The lowest BCUT2D eigenvalue weighted by atomic mass is 9.86. The van der Waals surface area contributed by atoms with Crippen LogP contribution in [-0.4, -0.2) is 36.9 Å². The monoisotopic (exact) mass is 309 g/mol. The predicted molar refractivity (Wildman–Crippen MR) is 86.3 cm³/mol. The van der Waals surface area contributed by atoms with Gasteiger partial charge in [-0.05, 0) is 36.5 Å². The number of thioether (sulfide) groups is 1. The SMILES string of the molecule is COc1ccc(N)cc1OC1CCOC2(CCSCC2)C1. The number of benzene rings is 1. The first-order chi connectivity index (χ1) is 10.2. The van der Waals surface area contributed by atoms with Crippen molar-refractivity contribution in [3.05, 3.63) is 18.2 Å². The maximum absolute atomic E-state index is 6.19. The van der Waals surface area contributed by atoms with Crippen LogP contribution in [0.2, 0.25) is 0 Å². The Labute approximate surface area is 130 Å². The molecule has 21 heavy (non-hydrogen) atoms. The van der Waals surface area contributed by atoms with E-state index in [-0.39, 0.29) is 11.7 Å². The summed E-state index contributed by atoms with van der Waals surface area (Å²) in [5.41, 5.74) is 6.59. The summed E-state index contributed by atoms with van der Waals surface area (Å²) in [4.78, 5) is 0. The van der Waals surface area contributed by atoms with Gasteiger partial charge in [0.2, 0.25) is 0 Å². The largest absolute Gasteiger partial charge is 0.493 e. The van der Waals surface area contributed by atoms with Crippen molar-refractivity contribution in [1.82, 2.24) is 0 Å². The molecule has 2 N–H and O–H groups in total. The van der Waals surface area contributed by atoms with Crippen LogP contribution in [0.1, 0.15) is 25.7 Å². The Kier molecular flexibility index (Phi) is 4.50. The van der Waals surface area contributed by atoms with Gasteiger partial charge >= 0.3 is 0 Å². The molecule has 1 spiro atoms. The van der Waals surface area contributed by atoms with Crippen LogP contribution in [0.4, 0.5) is 5.69 Å². The highest BCUT2D eigenvalue weighted by atomic mass is 32.2. The molecule has 0 aliphatic carbocycles. The molecule has 2 heterocycles. The van der Waals surface area contributed by atoms with Crippen molar-refractivity contribution in [2.45, 2.75) is 37.4 Å². The highest BCUT2D eigenvalue weighted by molar-refractivity contribution is 7.99. The summed E-state index contributed by atoms with van der Waals surface area (Å²) in [6.45, 7) is 0.778. The van der Waals surface area contributed by atoms with Gasteiger partial charge in [-0.2, -0.15) is 11.8 Å². The Hall–Kier alpha value is -1.07. The minimum Gasteiger partial charge on any atom is -0.493 e. The fourth-order valence-electron chi connectivity index (χ4n) is 3.14. The summed E-state index contributed by atoms with van der Waals surface area (Å²) in [5, 5.41) is 0. The first-order valence-corrected chi connectivity index (χ1v) is 8.68. The lowest BCUT2D eigenvalue weighted by molar-refractivity contribution is -0.116. The van der Waals surface area contributed by atoms with E-state index in [4.69, 9.17) is 19.9 Å². The van der Waals surface area contributed by atoms with Gasteiger partial charge < -0.3 is 19.9 Å². The normalized spacial score (nSPS) is 24.7. The van der Waals surface area contributed by atoms with Crippen LogP contribution < -0.4 is 15.2 Å². The molecule has 2 saturated heterocycles. The van der Waals surface area contributed by atoms with Gasteiger partial charge in [0.05, 0.1) is 19.3 Å². The van der Waals surface area contributed by atoms with Crippen LogP contribution in [-0.2, 0) is 4.74 Å². The van der Waals surface area contributed by atoms with Gasteiger partial charge in [-0.1, -0.05) is 0 Å². The fourth-order valence-corrected chi connectivity index (χ4v) is 4.38. The molecule has 0 radical (unpaired) electrons. The molecule has 1 atom stereocenters. The van der Waals surface area contributed by atoms with Gasteiger partial charge in [0.15, 0.2) is 11.5 Å². The van der Waals surface area contributed by atoms with E-state index in [0.29, 0.717) is 5.69 Å². The van der Waals surface area contributed by atoms with Crippen molar-refractivity contribution >= 4 is 17.4 Å². The number of methoxy groups -OCH3 is 1. The molecule has 1 aromatic rings. The number of nitrogen functional groups attached to an aromatic ring is 1. The summed E-state index contributed by atoms with van der Waals surface area (Å²) < 4.78 is 17.7. The van der Waals surface area contributed by atoms with E-state index >= 15 is 0 Å². The molecule has 0 aromatic heterocycles. The van der Waals surface area contributed by atoms with Crippen LogP contribution in [0, 0.1) is 0 Å². The minimum absolute atomic E-state index is 0.0295. The molecule has 2 aliphatic rings. The first-order valence-electron chi connectivity index (χ1n) is 7.53. The molecule has 2 aliphatic heterocycles. The summed E-state index contributed by atoms with van der Waals surface area (Å²) in [7, 11) is 1.65. The second kappa shape index (κ2) is 6.36. The van der Waals surface area contributed by atoms with Gasteiger partial charge in [-0.3, -0.25) is 0 Å². The zero-order valence-electron chi connectivity index (χ0n) is 12.5. The summed E-state index contributed by atoms with van der Waals surface area (Å²) in [6.07, 6.45) is 4.33. The standard InChI is InChI=1S/C16H23NO3S/c1-18-14-3-2-12(17)10-15(14)20-13-4-7-19-16(11-13)5-8-21-9-6-16/h2-3,10,13H,4-9,11,17H2,1H3. The van der Waals surface area contributed by atoms with Crippen LogP contribution in [0.5, 0.6) is 11.5 Å². The van der Waals surface area contributed by atoms with Crippen LogP contribution in [0.15, 0.2) is 18.2 Å². The van der Waals surface area contributed by atoms with E-state index in [0.717, 1.165) is 43.8 Å². The van der Waals surface area contributed by atoms with Gasteiger partial charge in [0.1, 0.15) is 6.10 Å². The number of rotatable bonds is 3. The smallest absolute Gasteiger partial charge is 0.163 e. The Bertz CT molecular complexity index is 483. The molecule has 0 amide bonds. The number of ether oxygens (including phenoxy) is 3. The summed E-state index contributed by atoms with van der Waals surface area (Å²) in [6, 6.07) is 5.53. The van der Waals surface area contributed by atoms with E-state index in [1.807, 2.05) is 30.0 Å². The molecule has 1 unspecified atom stereocenters. The highest BCUT2D eigenvalue weighted by Crippen LogP contribution is 2.40. The average molecular weight is 309 g/mol. The van der Waals surface area contributed by atoms with Crippen molar-refractivity contribution < 1.29 is 14.2 Å². The van der Waals surface area contributed by atoms with Crippen molar-refractivity contribution in [3.8, 4) is 11.5 Å². The second-order valence-corrected chi connectivity index (χ2v) is 7.01. The van der Waals surface area contributed by atoms with Crippen molar-refractivity contribution in [3.63, 3.8) is 0 Å². The topological polar surface area (TPSA) is 53.7 Å².